The van der Waals surface area contributed by atoms with Gasteiger partial charge < -0.3 is 9.30 Å². The normalized spacial score (nSPS) is 11.6. The first kappa shape index (κ1) is 18.9. The predicted octanol–water partition coefficient (Wildman–Crippen LogP) is 3.29. The molecule has 0 fully saturated rings. The lowest BCUT2D eigenvalue weighted by atomic mass is 10.2. The minimum atomic E-state index is -0.523. The molecule has 0 unspecified atom stereocenters. The van der Waals surface area contributed by atoms with E-state index in [-0.39, 0.29) is 17.0 Å². The second kappa shape index (κ2) is 7.80. The van der Waals surface area contributed by atoms with E-state index in [1.54, 1.807) is 24.3 Å². The quantitative estimate of drug-likeness (QED) is 0.345. The number of methoxy groups -OCH3 is 1. The first-order chi connectivity index (χ1) is 12.9. The van der Waals surface area contributed by atoms with Crippen LogP contribution in [0.5, 0.6) is 0 Å². The van der Waals surface area contributed by atoms with Crippen LogP contribution >= 0.6 is 27.3 Å². The van der Waals surface area contributed by atoms with Crippen molar-refractivity contribution in [3.05, 3.63) is 67.4 Å². The van der Waals surface area contributed by atoms with Gasteiger partial charge in [0.15, 0.2) is 4.80 Å². The molecular formula is C17H12BrN3O5S. The van der Waals surface area contributed by atoms with Gasteiger partial charge in [-0.3, -0.25) is 19.7 Å². The van der Waals surface area contributed by atoms with Crippen molar-refractivity contribution in [3.63, 3.8) is 0 Å². The Morgan fingerprint density at radius 3 is 2.59 bits per heavy atom. The van der Waals surface area contributed by atoms with Crippen LogP contribution in [0.15, 0.2) is 51.9 Å². The molecule has 1 aromatic heterocycles. The topological polar surface area (TPSA) is 104 Å². The SMILES string of the molecule is COC(=O)Cn1c(=NC(=O)c2ccc(Br)cc2)sc2cc([N+](=O)[O-])ccc21. The molecule has 0 saturated heterocycles. The molecule has 3 aromatic rings. The molecule has 0 N–H and O–H groups in total. The molecule has 0 aliphatic carbocycles. The fourth-order valence-corrected chi connectivity index (χ4v) is 3.68. The van der Waals surface area contributed by atoms with Crippen LogP contribution in [0.4, 0.5) is 5.69 Å². The number of nitro groups is 1. The van der Waals surface area contributed by atoms with Crippen molar-refractivity contribution in [2.24, 2.45) is 4.99 Å². The summed E-state index contributed by atoms with van der Waals surface area (Å²) < 4.78 is 7.57. The highest BCUT2D eigenvalue weighted by atomic mass is 79.9. The Kier molecular flexibility index (Phi) is 5.47. The van der Waals surface area contributed by atoms with Gasteiger partial charge in [-0.2, -0.15) is 4.99 Å². The highest BCUT2D eigenvalue weighted by molar-refractivity contribution is 9.10. The molecule has 2 aromatic carbocycles. The lowest BCUT2D eigenvalue weighted by molar-refractivity contribution is -0.384. The van der Waals surface area contributed by atoms with Gasteiger partial charge >= 0.3 is 5.97 Å². The first-order valence-electron chi connectivity index (χ1n) is 7.58. The minimum Gasteiger partial charge on any atom is -0.468 e. The predicted molar refractivity (Wildman–Crippen MR) is 103 cm³/mol. The molecule has 8 nitrogen and oxygen atoms in total. The number of benzene rings is 2. The van der Waals surface area contributed by atoms with Gasteiger partial charge in [-0.25, -0.2) is 0 Å². The molecule has 0 spiro atoms. The number of non-ortho nitro benzene ring substituents is 1. The van der Waals surface area contributed by atoms with Gasteiger partial charge in [-0.1, -0.05) is 27.3 Å². The number of nitrogens with zero attached hydrogens (tertiary/aromatic N) is 3. The molecular weight excluding hydrogens is 438 g/mol. The van der Waals surface area contributed by atoms with E-state index in [0.717, 1.165) is 15.8 Å². The van der Waals surface area contributed by atoms with E-state index in [4.69, 9.17) is 4.74 Å². The molecule has 0 saturated carbocycles. The summed E-state index contributed by atoms with van der Waals surface area (Å²) in [6.07, 6.45) is 0. The number of esters is 1. The Labute approximate surface area is 165 Å². The average Bonchev–Trinajstić information content (AvgIpc) is 2.98. The summed E-state index contributed by atoms with van der Waals surface area (Å²) in [5, 5.41) is 11.0. The van der Waals surface area contributed by atoms with Gasteiger partial charge in [-0.05, 0) is 30.3 Å². The Hall–Kier alpha value is -2.85. The van der Waals surface area contributed by atoms with Crippen LogP contribution in [0, 0.1) is 10.1 Å². The number of hydrogen-bond acceptors (Lipinski definition) is 6. The Morgan fingerprint density at radius 1 is 1.26 bits per heavy atom. The molecule has 0 aliphatic heterocycles. The average molecular weight is 450 g/mol. The molecule has 1 heterocycles. The van der Waals surface area contributed by atoms with Crippen LogP contribution in [0.3, 0.4) is 0 Å². The van der Waals surface area contributed by atoms with Gasteiger partial charge in [0.1, 0.15) is 6.54 Å². The first-order valence-corrected chi connectivity index (χ1v) is 9.19. The molecule has 3 rings (SSSR count). The Balaban J connectivity index is 2.15. The number of carbonyl (C=O) groups is 2. The standard InChI is InChI=1S/C17H12BrN3O5S/c1-26-15(22)9-20-13-7-6-12(21(24)25)8-14(13)27-17(20)19-16(23)10-2-4-11(18)5-3-10/h2-8H,9H2,1H3. The van der Waals surface area contributed by atoms with Crippen molar-refractivity contribution >= 4 is 55.0 Å². The summed E-state index contributed by atoms with van der Waals surface area (Å²) in [6.45, 7) is -0.166. The fourth-order valence-electron chi connectivity index (χ4n) is 2.35. The van der Waals surface area contributed by atoms with Crippen LogP contribution in [0.1, 0.15) is 10.4 Å². The monoisotopic (exact) mass is 449 g/mol. The third-order valence-corrected chi connectivity index (χ3v) is 5.25. The van der Waals surface area contributed by atoms with E-state index in [1.165, 1.54) is 29.9 Å². The molecule has 0 radical (unpaired) electrons. The summed E-state index contributed by atoms with van der Waals surface area (Å²) in [5.41, 5.74) is 0.851. The molecule has 138 valence electrons. The number of rotatable bonds is 4. The number of fused-ring (bicyclic) bond motifs is 1. The number of aromatic nitrogens is 1. The van der Waals surface area contributed by atoms with E-state index in [1.807, 2.05) is 0 Å². The number of halogens is 1. The third kappa shape index (κ3) is 4.12. The fraction of sp³-hybridized carbons (Fsp3) is 0.118. The van der Waals surface area contributed by atoms with Crippen molar-refractivity contribution in [1.82, 2.24) is 4.57 Å². The Morgan fingerprint density at radius 2 is 1.96 bits per heavy atom. The summed E-state index contributed by atoms with van der Waals surface area (Å²) in [5.74, 6) is -1.01. The number of amides is 1. The van der Waals surface area contributed by atoms with E-state index < -0.39 is 16.8 Å². The summed E-state index contributed by atoms with van der Waals surface area (Å²) in [6, 6.07) is 10.9. The summed E-state index contributed by atoms with van der Waals surface area (Å²) >= 11 is 4.39. The maximum atomic E-state index is 12.5. The molecule has 10 heteroatoms. The smallest absolute Gasteiger partial charge is 0.325 e. The van der Waals surface area contributed by atoms with E-state index in [0.29, 0.717) is 15.8 Å². The molecule has 0 bridgehead atoms. The zero-order valence-corrected chi connectivity index (χ0v) is 16.3. The van der Waals surface area contributed by atoms with Gasteiger partial charge in [0.2, 0.25) is 0 Å². The highest BCUT2D eigenvalue weighted by Gasteiger charge is 2.15. The second-order valence-electron chi connectivity index (χ2n) is 5.38. The largest absolute Gasteiger partial charge is 0.468 e. The minimum absolute atomic E-state index is 0.0836. The number of hydrogen-bond donors (Lipinski definition) is 0. The van der Waals surface area contributed by atoms with Crippen molar-refractivity contribution in [1.29, 1.82) is 0 Å². The van der Waals surface area contributed by atoms with E-state index in [2.05, 4.69) is 20.9 Å². The molecule has 1 amide bonds. The van der Waals surface area contributed by atoms with E-state index in [9.17, 15) is 19.7 Å². The molecule has 0 atom stereocenters. The van der Waals surface area contributed by atoms with Crippen LogP contribution < -0.4 is 4.80 Å². The van der Waals surface area contributed by atoms with Crippen molar-refractivity contribution < 1.29 is 19.2 Å². The zero-order valence-electron chi connectivity index (χ0n) is 13.9. The van der Waals surface area contributed by atoms with Gasteiger partial charge in [-0.15, -0.1) is 0 Å². The van der Waals surface area contributed by atoms with Crippen molar-refractivity contribution in [2.75, 3.05) is 7.11 Å². The third-order valence-electron chi connectivity index (χ3n) is 3.68. The summed E-state index contributed by atoms with van der Waals surface area (Å²) in [4.78, 5) is 39.1. The van der Waals surface area contributed by atoms with Gasteiger partial charge in [0.25, 0.3) is 11.6 Å². The molecule has 27 heavy (non-hydrogen) atoms. The van der Waals surface area contributed by atoms with Crippen LogP contribution in [-0.2, 0) is 16.1 Å². The van der Waals surface area contributed by atoms with Crippen LogP contribution in [-0.4, -0.2) is 28.5 Å². The highest BCUT2D eigenvalue weighted by Crippen LogP contribution is 2.23. The van der Waals surface area contributed by atoms with Crippen LogP contribution in [0.25, 0.3) is 10.2 Å². The van der Waals surface area contributed by atoms with Crippen LogP contribution in [0.2, 0.25) is 0 Å². The van der Waals surface area contributed by atoms with Crippen molar-refractivity contribution in [3.8, 4) is 0 Å². The second-order valence-corrected chi connectivity index (χ2v) is 7.30. The lowest BCUT2D eigenvalue weighted by Crippen LogP contribution is -2.22. The number of nitro benzene ring substituents is 1. The Bertz CT molecular complexity index is 1120. The summed E-state index contributed by atoms with van der Waals surface area (Å²) in [7, 11) is 1.26. The number of ether oxygens (including phenoxy) is 1. The maximum Gasteiger partial charge on any atom is 0.325 e. The molecule has 0 aliphatic rings. The van der Waals surface area contributed by atoms with Crippen molar-refractivity contribution in [2.45, 2.75) is 6.54 Å². The number of carbonyl (C=O) groups excluding carboxylic acids is 2. The zero-order chi connectivity index (χ0) is 19.6. The van der Waals surface area contributed by atoms with Gasteiger partial charge in [0, 0.05) is 22.2 Å². The number of thiazole rings is 1. The maximum absolute atomic E-state index is 12.5. The van der Waals surface area contributed by atoms with E-state index >= 15 is 0 Å². The lowest BCUT2D eigenvalue weighted by Gasteiger charge is -2.03. The van der Waals surface area contributed by atoms with Gasteiger partial charge in [0.05, 0.1) is 22.2 Å².